The fraction of sp³-hybridized carbons (Fsp3) is 0.429. The van der Waals surface area contributed by atoms with Gasteiger partial charge in [0.25, 0.3) is 0 Å². The van der Waals surface area contributed by atoms with Crippen LogP contribution in [0.4, 0.5) is 5.69 Å². The van der Waals surface area contributed by atoms with Crippen molar-refractivity contribution in [2.24, 2.45) is 11.7 Å². The smallest absolute Gasteiger partial charge is 0.227 e. The zero-order valence-corrected chi connectivity index (χ0v) is 12.7. The second-order valence-corrected chi connectivity index (χ2v) is 6.03. The van der Waals surface area contributed by atoms with E-state index < -0.39 is 0 Å². The number of hydrogen-bond donors (Lipinski definition) is 2. The number of benzene rings is 1. The van der Waals surface area contributed by atoms with Crippen LogP contribution in [-0.2, 0) is 4.79 Å². The van der Waals surface area contributed by atoms with Crippen LogP contribution in [0.5, 0.6) is 0 Å². The number of carbonyl (C=O) groups is 1. The van der Waals surface area contributed by atoms with Crippen LogP contribution in [-0.4, -0.2) is 16.9 Å². The van der Waals surface area contributed by atoms with Crippen LogP contribution in [0.15, 0.2) is 23.7 Å². The molecular formula is C14H18ClN3OS. The van der Waals surface area contributed by atoms with Crippen LogP contribution in [0, 0.1) is 5.92 Å². The van der Waals surface area contributed by atoms with Gasteiger partial charge in [0.2, 0.25) is 5.91 Å². The fourth-order valence-corrected chi connectivity index (χ4v) is 3.30. The Balaban J connectivity index is 0.00000147. The summed E-state index contributed by atoms with van der Waals surface area (Å²) in [6, 6.07) is 6.02. The molecule has 4 nitrogen and oxygen atoms in total. The molecule has 1 aliphatic carbocycles. The maximum atomic E-state index is 12.2. The third-order valence-electron chi connectivity index (χ3n) is 3.68. The molecule has 1 heterocycles. The maximum Gasteiger partial charge on any atom is 0.227 e. The van der Waals surface area contributed by atoms with Gasteiger partial charge in [-0.1, -0.05) is 6.42 Å². The van der Waals surface area contributed by atoms with E-state index in [-0.39, 0.29) is 30.3 Å². The predicted octanol–water partition coefficient (Wildman–Crippen LogP) is 3.17. The minimum absolute atomic E-state index is 0. The third kappa shape index (κ3) is 3.29. The number of nitrogens with one attached hydrogen (secondary N) is 1. The van der Waals surface area contributed by atoms with Crippen LogP contribution in [0.2, 0.25) is 0 Å². The molecule has 3 N–H and O–H groups in total. The summed E-state index contributed by atoms with van der Waals surface area (Å²) in [6.07, 6.45) is 3.82. The highest BCUT2D eigenvalue weighted by atomic mass is 35.5. The monoisotopic (exact) mass is 311 g/mol. The lowest BCUT2D eigenvalue weighted by molar-refractivity contribution is -0.120. The largest absolute Gasteiger partial charge is 0.328 e. The van der Waals surface area contributed by atoms with Crippen molar-refractivity contribution in [3.63, 3.8) is 0 Å². The second kappa shape index (κ2) is 6.52. The number of rotatable bonds is 2. The lowest BCUT2D eigenvalue weighted by Crippen LogP contribution is -2.34. The third-order valence-corrected chi connectivity index (χ3v) is 4.49. The molecule has 1 saturated carbocycles. The van der Waals surface area contributed by atoms with Crippen molar-refractivity contribution in [2.75, 3.05) is 5.32 Å². The summed E-state index contributed by atoms with van der Waals surface area (Å²) in [4.78, 5) is 16.5. The lowest BCUT2D eigenvalue weighted by Gasteiger charge is -2.25. The first-order valence-corrected chi connectivity index (χ1v) is 7.50. The van der Waals surface area contributed by atoms with Crippen molar-refractivity contribution >= 4 is 45.6 Å². The molecule has 6 heteroatoms. The summed E-state index contributed by atoms with van der Waals surface area (Å²) in [5.74, 6) is 0.139. The Morgan fingerprint density at radius 1 is 1.40 bits per heavy atom. The summed E-state index contributed by atoms with van der Waals surface area (Å²) in [5.41, 5.74) is 9.50. The summed E-state index contributed by atoms with van der Waals surface area (Å²) < 4.78 is 1.14. The highest BCUT2D eigenvalue weighted by Crippen LogP contribution is 2.26. The number of anilines is 1. The van der Waals surface area contributed by atoms with Gasteiger partial charge in [0, 0.05) is 17.6 Å². The van der Waals surface area contributed by atoms with E-state index in [1.165, 1.54) is 0 Å². The molecule has 2 atom stereocenters. The van der Waals surface area contributed by atoms with Gasteiger partial charge < -0.3 is 11.1 Å². The van der Waals surface area contributed by atoms with Crippen molar-refractivity contribution in [2.45, 2.75) is 31.7 Å². The van der Waals surface area contributed by atoms with E-state index in [2.05, 4.69) is 10.3 Å². The minimum atomic E-state index is 0. The fourth-order valence-electron chi connectivity index (χ4n) is 2.65. The summed E-state index contributed by atoms with van der Waals surface area (Å²) in [7, 11) is 0. The molecule has 0 radical (unpaired) electrons. The van der Waals surface area contributed by atoms with Gasteiger partial charge in [0.1, 0.15) is 0 Å². The molecule has 1 aromatic carbocycles. The van der Waals surface area contributed by atoms with Gasteiger partial charge in [-0.3, -0.25) is 4.79 Å². The molecule has 2 aromatic rings. The molecule has 108 valence electrons. The average Bonchev–Trinajstić information content (AvgIpc) is 2.86. The van der Waals surface area contributed by atoms with Gasteiger partial charge in [-0.25, -0.2) is 4.98 Å². The Hall–Kier alpha value is -1.17. The van der Waals surface area contributed by atoms with E-state index in [0.717, 1.165) is 41.6 Å². The first kappa shape index (κ1) is 15.2. The summed E-state index contributed by atoms with van der Waals surface area (Å²) >= 11 is 1.60. The Kier molecular flexibility index (Phi) is 4.96. The first-order valence-electron chi connectivity index (χ1n) is 6.62. The molecule has 3 rings (SSSR count). The first-order chi connectivity index (χ1) is 9.22. The number of aromatic nitrogens is 1. The second-order valence-electron chi connectivity index (χ2n) is 5.15. The van der Waals surface area contributed by atoms with Gasteiger partial charge in [-0.15, -0.1) is 23.7 Å². The number of amides is 1. The van der Waals surface area contributed by atoms with Gasteiger partial charge in [0.15, 0.2) is 0 Å². The van der Waals surface area contributed by atoms with E-state index in [4.69, 9.17) is 5.73 Å². The van der Waals surface area contributed by atoms with Gasteiger partial charge >= 0.3 is 0 Å². The van der Waals surface area contributed by atoms with Crippen molar-refractivity contribution < 1.29 is 4.79 Å². The molecule has 0 spiro atoms. The van der Waals surface area contributed by atoms with Crippen molar-refractivity contribution in [3.05, 3.63) is 23.7 Å². The van der Waals surface area contributed by atoms with Crippen LogP contribution in [0.3, 0.4) is 0 Å². The van der Waals surface area contributed by atoms with E-state index in [9.17, 15) is 4.79 Å². The number of fused-ring (bicyclic) bond motifs is 1. The zero-order chi connectivity index (χ0) is 13.2. The summed E-state index contributed by atoms with van der Waals surface area (Å²) in [5, 5.41) is 2.98. The van der Waals surface area contributed by atoms with Crippen LogP contribution in [0.25, 0.3) is 10.2 Å². The number of hydrogen-bond acceptors (Lipinski definition) is 4. The molecule has 20 heavy (non-hydrogen) atoms. The van der Waals surface area contributed by atoms with Crippen LogP contribution in [0.1, 0.15) is 25.7 Å². The molecule has 1 aromatic heterocycles. The zero-order valence-electron chi connectivity index (χ0n) is 11.0. The molecule has 1 amide bonds. The Morgan fingerprint density at radius 3 is 3.05 bits per heavy atom. The van der Waals surface area contributed by atoms with E-state index in [1.54, 1.807) is 11.3 Å². The van der Waals surface area contributed by atoms with Gasteiger partial charge in [-0.2, -0.15) is 0 Å². The molecule has 0 aliphatic heterocycles. The quantitative estimate of drug-likeness (QED) is 0.895. The molecule has 0 saturated heterocycles. The van der Waals surface area contributed by atoms with E-state index in [1.807, 2.05) is 23.7 Å². The average molecular weight is 312 g/mol. The standard InChI is InChI=1S/C14H17N3OS.ClH/c15-10-3-1-2-9(6-10)14(18)17-11-4-5-13-12(7-11)16-8-19-13;/h4-5,7-10H,1-3,6,15H2,(H,17,18);1H. The van der Waals surface area contributed by atoms with Crippen LogP contribution >= 0.6 is 23.7 Å². The number of nitrogens with zero attached hydrogens (tertiary/aromatic N) is 1. The Morgan fingerprint density at radius 2 is 2.25 bits per heavy atom. The number of thiazole rings is 1. The number of nitrogens with two attached hydrogens (primary N) is 1. The van der Waals surface area contributed by atoms with E-state index >= 15 is 0 Å². The molecule has 1 fully saturated rings. The van der Waals surface area contributed by atoms with E-state index in [0.29, 0.717) is 0 Å². The topological polar surface area (TPSA) is 68.0 Å². The molecule has 2 unspecified atom stereocenters. The Labute approximate surface area is 128 Å². The minimum Gasteiger partial charge on any atom is -0.328 e. The summed E-state index contributed by atoms with van der Waals surface area (Å²) in [6.45, 7) is 0. The number of halogens is 1. The highest BCUT2D eigenvalue weighted by Gasteiger charge is 2.25. The van der Waals surface area contributed by atoms with Crippen molar-refractivity contribution in [1.82, 2.24) is 4.98 Å². The predicted molar refractivity (Wildman–Crippen MR) is 85.4 cm³/mol. The highest BCUT2D eigenvalue weighted by molar-refractivity contribution is 7.16. The maximum absolute atomic E-state index is 12.2. The van der Waals surface area contributed by atoms with Crippen molar-refractivity contribution in [1.29, 1.82) is 0 Å². The normalized spacial score (nSPS) is 22.2. The van der Waals surface area contributed by atoms with Crippen LogP contribution < -0.4 is 11.1 Å². The number of carbonyl (C=O) groups excluding carboxylic acids is 1. The lowest BCUT2D eigenvalue weighted by atomic mass is 9.85. The molecule has 1 aliphatic rings. The Bertz CT molecular complexity index is 601. The SMILES string of the molecule is Cl.NC1CCCC(C(=O)Nc2ccc3scnc3c2)C1. The molecule has 0 bridgehead atoms. The van der Waals surface area contributed by atoms with Gasteiger partial charge in [-0.05, 0) is 37.5 Å². The molecular weight excluding hydrogens is 294 g/mol. The van der Waals surface area contributed by atoms with Crippen molar-refractivity contribution in [3.8, 4) is 0 Å². The van der Waals surface area contributed by atoms with Gasteiger partial charge in [0.05, 0.1) is 15.7 Å².